The first kappa shape index (κ1) is 14.7. The number of benzene rings is 1. The minimum absolute atomic E-state index is 0.0190. The molecule has 2 N–H and O–H groups in total. The molecule has 0 spiro atoms. The Balaban J connectivity index is 2.00. The van der Waals surface area contributed by atoms with Crippen LogP contribution in [-0.4, -0.2) is 42.5 Å². The lowest BCUT2D eigenvalue weighted by molar-refractivity contribution is -0.384. The van der Waals surface area contributed by atoms with Crippen LogP contribution in [0.2, 0.25) is 0 Å². The molecule has 7 heteroatoms. The first-order chi connectivity index (χ1) is 9.54. The molecule has 110 valence electrons. The van der Waals surface area contributed by atoms with Gasteiger partial charge in [-0.05, 0) is 6.07 Å². The minimum atomic E-state index is -0.853. The van der Waals surface area contributed by atoms with Crippen molar-refractivity contribution < 1.29 is 19.5 Å². The van der Waals surface area contributed by atoms with E-state index < -0.39 is 10.5 Å². The average molecular weight is 282 g/mol. The second-order valence-electron chi connectivity index (χ2n) is 4.88. The number of hydrogen-bond donors (Lipinski definition) is 2. The van der Waals surface area contributed by atoms with E-state index in [2.05, 4.69) is 5.32 Å². The van der Waals surface area contributed by atoms with Crippen molar-refractivity contribution in [1.82, 2.24) is 5.32 Å². The Morgan fingerprint density at radius 2 is 2.40 bits per heavy atom. The summed E-state index contributed by atoms with van der Waals surface area (Å²) >= 11 is 0. The van der Waals surface area contributed by atoms with Crippen molar-refractivity contribution in [3.8, 4) is 5.75 Å². The zero-order valence-corrected chi connectivity index (χ0v) is 11.3. The normalized spacial score (nSPS) is 21.9. The third kappa shape index (κ3) is 3.44. The van der Waals surface area contributed by atoms with E-state index in [4.69, 9.17) is 9.47 Å². The molecule has 1 aromatic carbocycles. The van der Waals surface area contributed by atoms with Crippen LogP contribution in [-0.2, 0) is 11.3 Å². The maximum atomic E-state index is 10.8. The lowest BCUT2D eigenvalue weighted by atomic mass is 10.0. The van der Waals surface area contributed by atoms with E-state index in [0.29, 0.717) is 44.0 Å². The number of methoxy groups -OCH3 is 1. The molecular formula is C13H18N2O5. The fourth-order valence-corrected chi connectivity index (χ4v) is 2.18. The van der Waals surface area contributed by atoms with E-state index in [9.17, 15) is 15.2 Å². The number of nitro groups is 1. The maximum absolute atomic E-state index is 10.8. The summed E-state index contributed by atoms with van der Waals surface area (Å²) < 4.78 is 10.3. The van der Waals surface area contributed by atoms with Crippen molar-refractivity contribution in [2.75, 3.05) is 26.9 Å². The van der Waals surface area contributed by atoms with Crippen molar-refractivity contribution in [2.45, 2.75) is 18.6 Å². The topological polar surface area (TPSA) is 93.9 Å². The molecule has 0 radical (unpaired) electrons. The van der Waals surface area contributed by atoms with Gasteiger partial charge in [-0.3, -0.25) is 10.1 Å². The fourth-order valence-electron chi connectivity index (χ4n) is 2.18. The number of hydrogen-bond acceptors (Lipinski definition) is 6. The summed E-state index contributed by atoms with van der Waals surface area (Å²) in [5.74, 6) is 0.581. The number of rotatable bonds is 6. The van der Waals surface area contributed by atoms with Crippen molar-refractivity contribution in [1.29, 1.82) is 0 Å². The van der Waals surface area contributed by atoms with Gasteiger partial charge in [-0.15, -0.1) is 0 Å². The van der Waals surface area contributed by atoms with E-state index in [1.54, 1.807) is 6.07 Å². The quantitative estimate of drug-likeness (QED) is 0.593. The maximum Gasteiger partial charge on any atom is 0.270 e. The van der Waals surface area contributed by atoms with Crippen LogP contribution in [0.5, 0.6) is 5.75 Å². The summed E-state index contributed by atoms with van der Waals surface area (Å²) in [4.78, 5) is 10.3. The van der Waals surface area contributed by atoms with E-state index in [0.717, 1.165) is 0 Å². The SMILES string of the molecule is COc1ccc([N+](=O)[O-])cc1CNCC1(O)CCOC1. The predicted molar refractivity (Wildman–Crippen MR) is 71.7 cm³/mol. The average Bonchev–Trinajstić information content (AvgIpc) is 2.85. The molecule has 1 heterocycles. The van der Waals surface area contributed by atoms with E-state index >= 15 is 0 Å². The van der Waals surface area contributed by atoms with Crippen LogP contribution < -0.4 is 10.1 Å². The minimum Gasteiger partial charge on any atom is -0.496 e. The van der Waals surface area contributed by atoms with Gasteiger partial charge in [0.25, 0.3) is 5.69 Å². The van der Waals surface area contributed by atoms with Gasteiger partial charge in [0.15, 0.2) is 0 Å². The van der Waals surface area contributed by atoms with E-state index in [1.807, 2.05) is 0 Å². The molecule has 1 unspecified atom stereocenters. The zero-order valence-electron chi connectivity index (χ0n) is 11.3. The zero-order chi connectivity index (χ0) is 14.6. The van der Waals surface area contributed by atoms with Gasteiger partial charge >= 0.3 is 0 Å². The van der Waals surface area contributed by atoms with Crippen LogP contribution in [0.4, 0.5) is 5.69 Å². The number of nitro benzene ring substituents is 1. The van der Waals surface area contributed by atoms with Gasteiger partial charge in [-0.25, -0.2) is 0 Å². The molecule has 0 amide bonds. The molecule has 20 heavy (non-hydrogen) atoms. The third-order valence-electron chi connectivity index (χ3n) is 3.33. The monoisotopic (exact) mass is 282 g/mol. The lowest BCUT2D eigenvalue weighted by Gasteiger charge is -2.21. The lowest BCUT2D eigenvalue weighted by Crippen LogP contribution is -2.40. The molecule has 7 nitrogen and oxygen atoms in total. The standard InChI is InChI=1S/C13H18N2O5/c1-19-12-3-2-11(15(17)18)6-10(12)7-14-8-13(16)4-5-20-9-13/h2-3,6,14,16H,4-5,7-9H2,1H3. The Hall–Kier alpha value is -1.70. The highest BCUT2D eigenvalue weighted by Gasteiger charge is 2.31. The van der Waals surface area contributed by atoms with Gasteiger partial charge in [-0.2, -0.15) is 0 Å². The van der Waals surface area contributed by atoms with Gasteiger partial charge < -0.3 is 19.9 Å². The Morgan fingerprint density at radius 1 is 1.60 bits per heavy atom. The largest absolute Gasteiger partial charge is 0.496 e. The summed E-state index contributed by atoms with van der Waals surface area (Å²) in [6, 6.07) is 4.45. The molecular weight excluding hydrogens is 264 g/mol. The second-order valence-corrected chi connectivity index (χ2v) is 4.88. The highest BCUT2D eigenvalue weighted by Crippen LogP contribution is 2.24. The summed E-state index contributed by atoms with van der Waals surface area (Å²) in [6.45, 7) is 1.62. The Labute approximate surface area is 116 Å². The smallest absolute Gasteiger partial charge is 0.270 e. The first-order valence-corrected chi connectivity index (χ1v) is 6.36. The van der Waals surface area contributed by atoms with Crippen molar-refractivity contribution in [3.63, 3.8) is 0 Å². The summed E-state index contributed by atoms with van der Waals surface area (Å²) in [7, 11) is 1.52. The van der Waals surface area contributed by atoms with Crippen LogP contribution in [0.15, 0.2) is 18.2 Å². The number of aliphatic hydroxyl groups is 1. The van der Waals surface area contributed by atoms with E-state index in [-0.39, 0.29) is 5.69 Å². The molecule has 2 rings (SSSR count). The van der Waals surface area contributed by atoms with E-state index in [1.165, 1.54) is 19.2 Å². The molecule has 0 aliphatic carbocycles. The molecule has 0 saturated carbocycles. The third-order valence-corrected chi connectivity index (χ3v) is 3.33. The molecule has 1 aromatic rings. The Kier molecular flexibility index (Phi) is 4.53. The van der Waals surface area contributed by atoms with Crippen LogP contribution in [0.1, 0.15) is 12.0 Å². The molecule has 1 atom stereocenters. The molecule has 1 saturated heterocycles. The molecule has 0 bridgehead atoms. The molecule has 1 aliphatic rings. The number of nitrogens with one attached hydrogen (secondary N) is 1. The summed E-state index contributed by atoms with van der Waals surface area (Å²) in [5.41, 5.74) is -0.150. The summed E-state index contributed by atoms with van der Waals surface area (Å²) in [6.07, 6.45) is 0.589. The van der Waals surface area contributed by atoms with Crippen LogP contribution in [0, 0.1) is 10.1 Å². The number of ether oxygens (including phenoxy) is 2. The van der Waals surface area contributed by atoms with Crippen molar-refractivity contribution >= 4 is 5.69 Å². The Morgan fingerprint density at radius 3 is 3.00 bits per heavy atom. The first-order valence-electron chi connectivity index (χ1n) is 6.36. The highest BCUT2D eigenvalue weighted by molar-refractivity contribution is 5.43. The molecule has 0 aromatic heterocycles. The number of non-ortho nitro benzene ring substituents is 1. The second kappa shape index (κ2) is 6.17. The number of nitrogens with zero attached hydrogens (tertiary/aromatic N) is 1. The van der Waals surface area contributed by atoms with Gasteiger partial charge in [-0.1, -0.05) is 0 Å². The van der Waals surface area contributed by atoms with Crippen LogP contribution >= 0.6 is 0 Å². The highest BCUT2D eigenvalue weighted by atomic mass is 16.6. The summed E-state index contributed by atoms with van der Waals surface area (Å²) in [5, 5.41) is 24.0. The molecule has 1 aliphatic heterocycles. The van der Waals surface area contributed by atoms with Crippen molar-refractivity contribution in [3.05, 3.63) is 33.9 Å². The Bertz CT molecular complexity index is 486. The van der Waals surface area contributed by atoms with Gasteiger partial charge in [0.05, 0.1) is 18.6 Å². The van der Waals surface area contributed by atoms with Crippen molar-refractivity contribution in [2.24, 2.45) is 0 Å². The van der Waals surface area contributed by atoms with Gasteiger partial charge in [0, 0.05) is 43.8 Å². The van der Waals surface area contributed by atoms with Gasteiger partial charge in [0.2, 0.25) is 0 Å². The molecule has 1 fully saturated rings. The van der Waals surface area contributed by atoms with Crippen LogP contribution in [0.25, 0.3) is 0 Å². The van der Waals surface area contributed by atoms with Crippen LogP contribution in [0.3, 0.4) is 0 Å². The van der Waals surface area contributed by atoms with Gasteiger partial charge in [0.1, 0.15) is 11.4 Å². The fraction of sp³-hybridized carbons (Fsp3) is 0.538. The predicted octanol–water partition coefficient (Wildman–Crippen LogP) is 0.844.